The van der Waals surface area contributed by atoms with Gasteiger partial charge in [0.2, 0.25) is 5.91 Å². The summed E-state index contributed by atoms with van der Waals surface area (Å²) in [5.41, 5.74) is 4.70. The van der Waals surface area contributed by atoms with E-state index < -0.39 is 0 Å². The number of carbonyl (C=O) groups excluding carboxylic acids is 1. The third-order valence-corrected chi connectivity index (χ3v) is 4.58. The van der Waals surface area contributed by atoms with Crippen LogP contribution in [0.25, 0.3) is 5.69 Å². The molecule has 1 amide bonds. The molecule has 0 fully saturated rings. The summed E-state index contributed by atoms with van der Waals surface area (Å²) >= 11 is 6.31. The fourth-order valence-corrected chi connectivity index (χ4v) is 3.12. The second kappa shape index (κ2) is 7.11. The number of carbonyl (C=O) groups is 1. The molecule has 6 nitrogen and oxygen atoms in total. The highest BCUT2D eigenvalue weighted by molar-refractivity contribution is 6.32. The predicted molar refractivity (Wildman–Crippen MR) is 98.2 cm³/mol. The number of aromatic nitrogens is 4. The van der Waals surface area contributed by atoms with Crippen LogP contribution in [0.15, 0.2) is 36.9 Å². The molecule has 0 aliphatic rings. The highest BCUT2D eigenvalue weighted by Gasteiger charge is 2.12. The molecule has 130 valence electrons. The Hall–Kier alpha value is -2.60. The lowest BCUT2D eigenvalue weighted by atomic mass is 10.1. The van der Waals surface area contributed by atoms with E-state index in [1.165, 1.54) is 0 Å². The van der Waals surface area contributed by atoms with Crippen molar-refractivity contribution in [2.24, 2.45) is 7.05 Å². The fraction of sp³-hybridized carbons (Fsp3) is 0.278. The largest absolute Gasteiger partial charge is 0.326 e. The topological polar surface area (TPSA) is 64.7 Å². The summed E-state index contributed by atoms with van der Waals surface area (Å²) in [7, 11) is 1.91. The Morgan fingerprint density at radius 1 is 1.32 bits per heavy atom. The monoisotopic (exact) mass is 357 g/mol. The molecular formula is C18H20ClN5O. The van der Waals surface area contributed by atoms with Gasteiger partial charge in [-0.1, -0.05) is 11.6 Å². The van der Waals surface area contributed by atoms with Gasteiger partial charge in [0.25, 0.3) is 0 Å². The lowest BCUT2D eigenvalue weighted by molar-refractivity contribution is -0.116. The van der Waals surface area contributed by atoms with E-state index in [1.807, 2.05) is 48.5 Å². The first-order valence-electron chi connectivity index (χ1n) is 8.02. The van der Waals surface area contributed by atoms with Crippen molar-refractivity contribution < 1.29 is 4.79 Å². The average Bonchev–Trinajstić information content (AvgIpc) is 3.16. The number of anilines is 1. The van der Waals surface area contributed by atoms with Crippen molar-refractivity contribution in [2.75, 3.05) is 5.32 Å². The van der Waals surface area contributed by atoms with Gasteiger partial charge in [0.15, 0.2) is 0 Å². The summed E-state index contributed by atoms with van der Waals surface area (Å²) in [6.45, 7) is 3.98. The Labute approximate surface area is 151 Å². The molecule has 0 unspecified atom stereocenters. The Balaban J connectivity index is 1.64. The molecule has 0 aliphatic carbocycles. The number of hydrogen-bond donors (Lipinski definition) is 1. The number of imidazole rings is 1. The van der Waals surface area contributed by atoms with Crippen molar-refractivity contribution >= 4 is 23.2 Å². The Morgan fingerprint density at radius 3 is 2.72 bits per heavy atom. The maximum Gasteiger partial charge on any atom is 0.224 e. The quantitative estimate of drug-likeness (QED) is 0.760. The SMILES string of the molecule is Cc1nn(C)c(C)c1CCC(=O)Nc1ccc(-n2ccnc2)c(Cl)c1. The zero-order valence-corrected chi connectivity index (χ0v) is 15.2. The summed E-state index contributed by atoms with van der Waals surface area (Å²) in [5, 5.41) is 7.82. The van der Waals surface area contributed by atoms with Crippen LogP contribution in [0.4, 0.5) is 5.69 Å². The molecule has 1 N–H and O–H groups in total. The van der Waals surface area contributed by atoms with Gasteiger partial charge in [0.1, 0.15) is 0 Å². The van der Waals surface area contributed by atoms with Gasteiger partial charge < -0.3 is 9.88 Å². The van der Waals surface area contributed by atoms with Crippen molar-refractivity contribution in [3.8, 4) is 5.69 Å². The summed E-state index contributed by atoms with van der Waals surface area (Å²) in [5.74, 6) is -0.0471. The summed E-state index contributed by atoms with van der Waals surface area (Å²) in [4.78, 5) is 16.3. The standard InChI is InChI=1S/C18H20ClN5O/c1-12-15(13(2)23(3)22-12)5-7-18(25)21-14-4-6-17(16(19)10-14)24-9-8-20-11-24/h4,6,8-11H,5,7H2,1-3H3,(H,21,25). The lowest BCUT2D eigenvalue weighted by Crippen LogP contribution is -2.13. The van der Waals surface area contributed by atoms with Gasteiger partial charge in [-0.2, -0.15) is 5.10 Å². The van der Waals surface area contributed by atoms with Crippen molar-refractivity contribution in [3.63, 3.8) is 0 Å². The minimum Gasteiger partial charge on any atom is -0.326 e. The van der Waals surface area contributed by atoms with Crippen LogP contribution in [0.1, 0.15) is 23.4 Å². The lowest BCUT2D eigenvalue weighted by Gasteiger charge is -2.09. The molecule has 2 aromatic heterocycles. The summed E-state index contributed by atoms with van der Waals surface area (Å²) in [6, 6.07) is 5.43. The van der Waals surface area contributed by atoms with Crippen LogP contribution >= 0.6 is 11.6 Å². The van der Waals surface area contributed by atoms with E-state index in [0.717, 1.165) is 22.6 Å². The number of benzene rings is 1. The van der Waals surface area contributed by atoms with Gasteiger partial charge in [0.05, 0.1) is 22.7 Å². The number of nitrogens with zero attached hydrogens (tertiary/aromatic N) is 4. The maximum atomic E-state index is 12.2. The highest BCUT2D eigenvalue weighted by Crippen LogP contribution is 2.24. The van der Waals surface area contributed by atoms with E-state index in [4.69, 9.17) is 11.6 Å². The van der Waals surface area contributed by atoms with Gasteiger partial charge in [-0.15, -0.1) is 0 Å². The van der Waals surface area contributed by atoms with Crippen LogP contribution in [-0.4, -0.2) is 25.2 Å². The first-order chi connectivity index (χ1) is 12.0. The Morgan fingerprint density at radius 2 is 2.12 bits per heavy atom. The third kappa shape index (κ3) is 3.74. The van der Waals surface area contributed by atoms with Gasteiger partial charge in [0, 0.05) is 37.2 Å². The fourth-order valence-electron chi connectivity index (χ4n) is 2.84. The molecule has 0 saturated carbocycles. The molecule has 1 aromatic carbocycles. The van der Waals surface area contributed by atoms with E-state index in [9.17, 15) is 4.79 Å². The van der Waals surface area contributed by atoms with Gasteiger partial charge >= 0.3 is 0 Å². The van der Waals surface area contributed by atoms with Crippen molar-refractivity contribution in [2.45, 2.75) is 26.7 Å². The van der Waals surface area contributed by atoms with Crippen LogP contribution in [0, 0.1) is 13.8 Å². The minimum absolute atomic E-state index is 0.0471. The normalized spacial score (nSPS) is 10.9. The zero-order valence-electron chi connectivity index (χ0n) is 14.5. The van der Waals surface area contributed by atoms with Crippen LogP contribution < -0.4 is 5.32 Å². The van der Waals surface area contributed by atoms with Crippen LogP contribution in [0.5, 0.6) is 0 Å². The van der Waals surface area contributed by atoms with E-state index in [0.29, 0.717) is 23.6 Å². The van der Waals surface area contributed by atoms with Crippen LogP contribution in [0.3, 0.4) is 0 Å². The molecule has 3 rings (SSSR count). The van der Waals surface area contributed by atoms with Crippen LogP contribution in [-0.2, 0) is 18.3 Å². The van der Waals surface area contributed by atoms with Gasteiger partial charge in [-0.25, -0.2) is 4.98 Å². The Kier molecular flexibility index (Phi) is 4.90. The number of hydrogen-bond acceptors (Lipinski definition) is 3. The highest BCUT2D eigenvalue weighted by atomic mass is 35.5. The zero-order chi connectivity index (χ0) is 18.0. The predicted octanol–water partition coefficient (Wildman–Crippen LogP) is 3.45. The number of nitrogens with one attached hydrogen (secondary N) is 1. The van der Waals surface area contributed by atoms with E-state index >= 15 is 0 Å². The summed E-state index contributed by atoms with van der Waals surface area (Å²) in [6.07, 6.45) is 6.25. The minimum atomic E-state index is -0.0471. The number of halogens is 1. The molecule has 0 radical (unpaired) electrons. The second-order valence-electron chi connectivity index (χ2n) is 5.96. The van der Waals surface area contributed by atoms with Crippen molar-refractivity contribution in [3.05, 3.63) is 58.9 Å². The first-order valence-corrected chi connectivity index (χ1v) is 8.40. The Bertz CT molecular complexity index is 899. The van der Waals surface area contributed by atoms with Gasteiger partial charge in [-0.05, 0) is 44.0 Å². The molecule has 2 heterocycles. The third-order valence-electron chi connectivity index (χ3n) is 4.27. The molecule has 0 atom stereocenters. The maximum absolute atomic E-state index is 12.2. The van der Waals surface area contributed by atoms with Gasteiger partial charge in [-0.3, -0.25) is 9.48 Å². The molecule has 0 spiro atoms. The van der Waals surface area contributed by atoms with E-state index in [2.05, 4.69) is 15.4 Å². The van der Waals surface area contributed by atoms with E-state index in [-0.39, 0.29) is 5.91 Å². The smallest absolute Gasteiger partial charge is 0.224 e. The number of aryl methyl sites for hydroxylation is 2. The van der Waals surface area contributed by atoms with Crippen molar-refractivity contribution in [1.29, 1.82) is 0 Å². The number of amides is 1. The molecular weight excluding hydrogens is 338 g/mol. The van der Waals surface area contributed by atoms with E-state index in [1.54, 1.807) is 18.6 Å². The number of rotatable bonds is 5. The second-order valence-corrected chi connectivity index (χ2v) is 6.36. The molecule has 0 bridgehead atoms. The molecule has 0 saturated heterocycles. The molecule has 3 aromatic rings. The molecule has 0 aliphatic heterocycles. The van der Waals surface area contributed by atoms with Crippen molar-refractivity contribution in [1.82, 2.24) is 19.3 Å². The molecule has 25 heavy (non-hydrogen) atoms. The average molecular weight is 358 g/mol. The molecule has 7 heteroatoms. The van der Waals surface area contributed by atoms with Crippen LogP contribution in [0.2, 0.25) is 5.02 Å². The first kappa shape index (κ1) is 17.2. The summed E-state index contributed by atoms with van der Waals surface area (Å²) < 4.78 is 3.67.